The number of methoxy groups -OCH3 is 1. The van der Waals surface area contributed by atoms with E-state index in [1.807, 2.05) is 0 Å². The van der Waals surface area contributed by atoms with Crippen LogP contribution in [0, 0.1) is 0 Å². The Morgan fingerprint density at radius 2 is 1.95 bits per heavy atom. The molecule has 20 heavy (non-hydrogen) atoms. The van der Waals surface area contributed by atoms with E-state index in [4.69, 9.17) is 10.5 Å². The van der Waals surface area contributed by atoms with E-state index in [9.17, 15) is 8.42 Å². The maximum Gasteiger partial charge on any atom is 0.182 e. The number of benzene rings is 2. The van der Waals surface area contributed by atoms with Crippen LogP contribution < -0.4 is 10.5 Å². The lowest BCUT2D eigenvalue weighted by atomic mass is 10.2. The van der Waals surface area contributed by atoms with E-state index in [2.05, 4.69) is 15.9 Å². The summed E-state index contributed by atoms with van der Waals surface area (Å²) in [5.41, 5.74) is 6.88. The molecule has 0 saturated heterocycles. The Kier molecular flexibility index (Phi) is 4.35. The van der Waals surface area contributed by atoms with Gasteiger partial charge in [0, 0.05) is 10.2 Å². The van der Waals surface area contributed by atoms with E-state index in [-0.39, 0.29) is 10.6 Å². The Morgan fingerprint density at radius 1 is 1.20 bits per heavy atom. The van der Waals surface area contributed by atoms with Crippen molar-refractivity contribution in [2.45, 2.75) is 10.6 Å². The molecule has 2 aromatic carbocycles. The molecule has 6 heteroatoms. The Balaban J connectivity index is 2.35. The summed E-state index contributed by atoms with van der Waals surface area (Å²) in [5.74, 6) is 0.406. The van der Waals surface area contributed by atoms with Crippen LogP contribution >= 0.6 is 15.9 Å². The van der Waals surface area contributed by atoms with Crippen LogP contribution in [0.3, 0.4) is 0 Å². The molecule has 0 radical (unpaired) electrons. The maximum atomic E-state index is 12.4. The highest BCUT2D eigenvalue weighted by Gasteiger charge is 2.16. The number of hydrogen-bond acceptors (Lipinski definition) is 4. The SMILES string of the molecule is COc1cccc(S(=O)(=O)Cc2cc(N)cc(Br)c2)c1. The highest BCUT2D eigenvalue weighted by atomic mass is 79.9. The molecule has 0 saturated carbocycles. The summed E-state index contributed by atoms with van der Waals surface area (Å²) in [4.78, 5) is 0.232. The van der Waals surface area contributed by atoms with Gasteiger partial charge in [-0.1, -0.05) is 22.0 Å². The molecular weight excluding hydrogens is 342 g/mol. The number of anilines is 1. The van der Waals surface area contributed by atoms with E-state index in [0.717, 1.165) is 4.47 Å². The second kappa shape index (κ2) is 5.85. The largest absolute Gasteiger partial charge is 0.497 e. The zero-order chi connectivity index (χ0) is 14.8. The number of ether oxygens (including phenoxy) is 1. The van der Waals surface area contributed by atoms with E-state index in [1.165, 1.54) is 13.2 Å². The third-order valence-corrected chi connectivity index (χ3v) is 4.88. The third kappa shape index (κ3) is 3.52. The van der Waals surface area contributed by atoms with Crippen molar-refractivity contribution in [1.29, 1.82) is 0 Å². The van der Waals surface area contributed by atoms with Crippen LogP contribution in [0.2, 0.25) is 0 Å². The molecule has 0 fully saturated rings. The van der Waals surface area contributed by atoms with Gasteiger partial charge in [0.25, 0.3) is 0 Å². The molecule has 0 aliphatic rings. The zero-order valence-corrected chi connectivity index (χ0v) is 13.2. The van der Waals surface area contributed by atoms with Gasteiger partial charge in [0.2, 0.25) is 0 Å². The topological polar surface area (TPSA) is 69.4 Å². The normalized spacial score (nSPS) is 11.3. The Bertz CT molecular complexity index is 709. The summed E-state index contributed by atoms with van der Waals surface area (Å²) in [7, 11) is -1.94. The second-order valence-electron chi connectivity index (χ2n) is 4.33. The molecule has 0 aromatic heterocycles. The number of nitrogen functional groups attached to an aromatic ring is 1. The molecule has 0 unspecified atom stereocenters. The van der Waals surface area contributed by atoms with Crippen LogP contribution in [0.15, 0.2) is 51.8 Å². The predicted molar refractivity (Wildman–Crippen MR) is 82.4 cm³/mol. The number of sulfone groups is 1. The lowest BCUT2D eigenvalue weighted by molar-refractivity contribution is 0.413. The molecule has 0 atom stereocenters. The smallest absolute Gasteiger partial charge is 0.182 e. The van der Waals surface area contributed by atoms with Crippen molar-refractivity contribution in [3.63, 3.8) is 0 Å². The van der Waals surface area contributed by atoms with Gasteiger partial charge in [-0.25, -0.2) is 8.42 Å². The molecule has 0 aliphatic heterocycles. The van der Waals surface area contributed by atoms with Gasteiger partial charge in [-0.3, -0.25) is 0 Å². The van der Waals surface area contributed by atoms with Crippen LogP contribution in [-0.4, -0.2) is 15.5 Å². The van der Waals surface area contributed by atoms with Crippen molar-refractivity contribution in [3.8, 4) is 5.75 Å². The first-order valence-corrected chi connectivity index (χ1v) is 8.27. The first kappa shape index (κ1) is 14.9. The molecular formula is C14H14BrNO3S. The van der Waals surface area contributed by atoms with Crippen molar-refractivity contribution in [1.82, 2.24) is 0 Å². The monoisotopic (exact) mass is 355 g/mol. The summed E-state index contributed by atoms with van der Waals surface area (Å²) in [6.07, 6.45) is 0. The van der Waals surface area contributed by atoms with Crippen LogP contribution in [0.25, 0.3) is 0 Å². The Hall–Kier alpha value is -1.53. The molecule has 2 aromatic rings. The maximum absolute atomic E-state index is 12.4. The fourth-order valence-corrected chi connectivity index (χ4v) is 3.77. The van der Waals surface area contributed by atoms with E-state index in [0.29, 0.717) is 17.0 Å². The summed E-state index contributed by atoms with van der Waals surface area (Å²) < 4.78 is 30.6. The quantitative estimate of drug-likeness (QED) is 0.855. The van der Waals surface area contributed by atoms with Gasteiger partial charge in [0.05, 0.1) is 17.8 Å². The average Bonchev–Trinajstić information content (AvgIpc) is 2.37. The highest BCUT2D eigenvalue weighted by molar-refractivity contribution is 9.10. The summed E-state index contributed by atoms with van der Waals surface area (Å²) in [5, 5.41) is 0. The standard InChI is InChI=1S/C14H14BrNO3S/c1-19-13-3-2-4-14(8-13)20(17,18)9-10-5-11(15)7-12(16)6-10/h2-8H,9,16H2,1H3. The van der Waals surface area contributed by atoms with Crippen LogP contribution in [0.5, 0.6) is 5.75 Å². The first-order chi connectivity index (χ1) is 9.40. The van der Waals surface area contributed by atoms with Gasteiger partial charge in [-0.05, 0) is 42.0 Å². The Labute approximate surface area is 126 Å². The second-order valence-corrected chi connectivity index (χ2v) is 7.24. The lowest BCUT2D eigenvalue weighted by Gasteiger charge is -2.08. The molecule has 0 bridgehead atoms. The molecule has 4 nitrogen and oxygen atoms in total. The van der Waals surface area contributed by atoms with Crippen molar-refractivity contribution in [3.05, 3.63) is 52.5 Å². The number of nitrogens with two attached hydrogens (primary N) is 1. The fraction of sp³-hybridized carbons (Fsp3) is 0.143. The summed E-state index contributed by atoms with van der Waals surface area (Å²) in [6.45, 7) is 0. The van der Waals surface area contributed by atoms with Gasteiger partial charge in [0.1, 0.15) is 5.75 Å². The molecule has 2 N–H and O–H groups in total. The minimum atomic E-state index is -3.44. The summed E-state index contributed by atoms with van der Waals surface area (Å²) >= 11 is 3.30. The van der Waals surface area contributed by atoms with E-state index < -0.39 is 9.84 Å². The van der Waals surface area contributed by atoms with Gasteiger partial charge >= 0.3 is 0 Å². The highest BCUT2D eigenvalue weighted by Crippen LogP contribution is 2.24. The summed E-state index contributed by atoms with van der Waals surface area (Å²) in [6, 6.07) is 11.5. The van der Waals surface area contributed by atoms with E-state index in [1.54, 1.807) is 36.4 Å². The van der Waals surface area contributed by atoms with Crippen LogP contribution in [-0.2, 0) is 15.6 Å². The first-order valence-electron chi connectivity index (χ1n) is 5.82. The van der Waals surface area contributed by atoms with Crippen LogP contribution in [0.4, 0.5) is 5.69 Å². The van der Waals surface area contributed by atoms with Crippen LogP contribution in [0.1, 0.15) is 5.56 Å². The van der Waals surface area contributed by atoms with Crippen molar-refractivity contribution in [2.75, 3.05) is 12.8 Å². The minimum Gasteiger partial charge on any atom is -0.497 e. The fourth-order valence-electron chi connectivity index (χ4n) is 1.86. The predicted octanol–water partition coefficient (Wildman–Crippen LogP) is 3.01. The lowest BCUT2D eigenvalue weighted by Crippen LogP contribution is -2.05. The van der Waals surface area contributed by atoms with Gasteiger partial charge in [0.15, 0.2) is 9.84 Å². The molecule has 0 heterocycles. The molecule has 0 spiro atoms. The van der Waals surface area contributed by atoms with Gasteiger partial charge < -0.3 is 10.5 Å². The molecule has 0 amide bonds. The third-order valence-electron chi connectivity index (χ3n) is 2.74. The number of hydrogen-bond donors (Lipinski definition) is 1. The molecule has 106 valence electrons. The van der Waals surface area contributed by atoms with Crippen molar-refractivity contribution < 1.29 is 13.2 Å². The van der Waals surface area contributed by atoms with E-state index >= 15 is 0 Å². The molecule has 2 rings (SSSR count). The van der Waals surface area contributed by atoms with Gasteiger partial charge in [-0.2, -0.15) is 0 Å². The average molecular weight is 356 g/mol. The van der Waals surface area contributed by atoms with Gasteiger partial charge in [-0.15, -0.1) is 0 Å². The number of halogens is 1. The minimum absolute atomic E-state index is 0.107. The van der Waals surface area contributed by atoms with Crippen molar-refractivity contribution in [2.24, 2.45) is 0 Å². The number of rotatable bonds is 4. The molecule has 0 aliphatic carbocycles. The zero-order valence-electron chi connectivity index (χ0n) is 10.8. The van der Waals surface area contributed by atoms with Crippen molar-refractivity contribution >= 4 is 31.5 Å². The Morgan fingerprint density at radius 3 is 2.60 bits per heavy atom.